The highest BCUT2D eigenvalue weighted by atomic mass is 79.9. The summed E-state index contributed by atoms with van der Waals surface area (Å²) in [6.45, 7) is 0.215. The molecule has 0 bridgehead atoms. The molecule has 2 rings (SSSR count). The van der Waals surface area contributed by atoms with Crippen LogP contribution in [0, 0.1) is 0 Å². The zero-order chi connectivity index (χ0) is 8.55. The molecule has 1 saturated heterocycles. The van der Waals surface area contributed by atoms with Gasteiger partial charge in [0.2, 0.25) is 6.23 Å². The van der Waals surface area contributed by atoms with Crippen molar-refractivity contribution >= 4 is 22.1 Å². The van der Waals surface area contributed by atoms with E-state index in [9.17, 15) is 4.79 Å². The summed E-state index contributed by atoms with van der Waals surface area (Å²) in [6.07, 6.45) is 2.26. The lowest BCUT2D eigenvalue weighted by Crippen LogP contribution is -2.10. The van der Waals surface area contributed by atoms with Crippen molar-refractivity contribution in [1.29, 1.82) is 0 Å². The Balaban J connectivity index is 2.15. The van der Waals surface area contributed by atoms with Crippen LogP contribution >= 0.6 is 15.9 Å². The average Bonchev–Trinajstić information content (AvgIpc) is 2.58. The second-order valence-electron chi connectivity index (χ2n) is 2.27. The number of ether oxygens (including phenoxy) is 2. The Morgan fingerprint density at radius 2 is 2.58 bits per heavy atom. The van der Waals surface area contributed by atoms with Crippen LogP contribution in [0.4, 0.5) is 4.79 Å². The number of carbonyl (C=O) groups excluding carboxylic acids is 1. The summed E-state index contributed by atoms with van der Waals surface area (Å²) in [6, 6.07) is 0. The van der Waals surface area contributed by atoms with Gasteiger partial charge in [-0.25, -0.2) is 9.48 Å². The van der Waals surface area contributed by atoms with Gasteiger partial charge in [-0.1, -0.05) is 0 Å². The molecular formula is C6H5BrN2O3. The number of cyclic esters (lactones) is 2. The topological polar surface area (TPSA) is 53.4 Å². The maximum absolute atomic E-state index is 10.5. The minimum absolute atomic E-state index is 0.215. The second-order valence-corrected chi connectivity index (χ2v) is 3.19. The average molecular weight is 233 g/mol. The molecule has 0 amide bonds. The Labute approximate surface area is 76.4 Å². The van der Waals surface area contributed by atoms with Gasteiger partial charge >= 0.3 is 6.16 Å². The van der Waals surface area contributed by atoms with Crippen LogP contribution in [0.15, 0.2) is 16.9 Å². The van der Waals surface area contributed by atoms with Gasteiger partial charge in [-0.05, 0) is 15.9 Å². The fraction of sp³-hybridized carbons (Fsp3) is 0.333. The molecule has 1 aliphatic rings. The summed E-state index contributed by atoms with van der Waals surface area (Å²) < 4.78 is 11.7. The van der Waals surface area contributed by atoms with Crippen molar-refractivity contribution in [2.75, 3.05) is 6.61 Å². The predicted octanol–water partition coefficient (Wildman–Crippen LogP) is 1.31. The van der Waals surface area contributed by atoms with Crippen molar-refractivity contribution in [3.8, 4) is 0 Å². The highest BCUT2D eigenvalue weighted by Gasteiger charge is 2.26. The first kappa shape index (κ1) is 7.60. The van der Waals surface area contributed by atoms with Gasteiger partial charge in [0.05, 0.1) is 10.7 Å². The van der Waals surface area contributed by atoms with Crippen LogP contribution in [0.3, 0.4) is 0 Å². The van der Waals surface area contributed by atoms with E-state index < -0.39 is 12.4 Å². The molecule has 64 valence electrons. The number of halogens is 1. The van der Waals surface area contributed by atoms with Crippen LogP contribution in [-0.2, 0) is 9.47 Å². The molecule has 0 saturated carbocycles. The summed E-state index contributed by atoms with van der Waals surface area (Å²) in [7, 11) is 0. The number of nitrogens with zero attached hydrogens (tertiary/aromatic N) is 2. The highest BCUT2D eigenvalue weighted by Crippen LogP contribution is 2.18. The van der Waals surface area contributed by atoms with Gasteiger partial charge in [0.25, 0.3) is 0 Å². The van der Waals surface area contributed by atoms with E-state index in [1.165, 1.54) is 4.68 Å². The third-order valence-electron chi connectivity index (χ3n) is 1.44. The molecule has 1 atom stereocenters. The molecule has 1 aliphatic heterocycles. The molecule has 1 fully saturated rings. The summed E-state index contributed by atoms with van der Waals surface area (Å²) in [5.74, 6) is 0. The molecule has 1 aromatic heterocycles. The van der Waals surface area contributed by atoms with Crippen molar-refractivity contribution < 1.29 is 14.3 Å². The maximum atomic E-state index is 10.5. The quantitative estimate of drug-likeness (QED) is 0.686. The number of rotatable bonds is 1. The van der Waals surface area contributed by atoms with Gasteiger partial charge in [0.15, 0.2) is 6.61 Å². The third kappa shape index (κ3) is 1.29. The fourth-order valence-electron chi connectivity index (χ4n) is 0.921. The molecule has 1 unspecified atom stereocenters. The number of carbonyl (C=O) groups is 1. The van der Waals surface area contributed by atoms with Gasteiger partial charge in [-0.2, -0.15) is 5.10 Å². The van der Waals surface area contributed by atoms with E-state index in [1.807, 2.05) is 0 Å². The Bertz CT molecular complexity index is 311. The van der Waals surface area contributed by atoms with Crippen molar-refractivity contribution in [2.24, 2.45) is 0 Å². The smallest absolute Gasteiger partial charge is 0.428 e. The van der Waals surface area contributed by atoms with Crippen molar-refractivity contribution in [3.05, 3.63) is 16.9 Å². The molecule has 12 heavy (non-hydrogen) atoms. The van der Waals surface area contributed by atoms with Crippen molar-refractivity contribution in [1.82, 2.24) is 9.78 Å². The van der Waals surface area contributed by atoms with Crippen LogP contribution in [-0.4, -0.2) is 22.5 Å². The molecular weight excluding hydrogens is 228 g/mol. The standard InChI is InChI=1S/C6H5BrN2O3/c7-4-1-8-9(2-4)5-3-11-6(10)12-5/h1-2,5H,3H2. The van der Waals surface area contributed by atoms with Crippen LogP contribution in [0.25, 0.3) is 0 Å². The van der Waals surface area contributed by atoms with E-state index in [-0.39, 0.29) is 6.61 Å². The SMILES string of the molecule is O=C1OCC(n2cc(Br)cn2)O1. The first-order valence-electron chi connectivity index (χ1n) is 3.29. The zero-order valence-electron chi connectivity index (χ0n) is 5.94. The largest absolute Gasteiger partial charge is 0.510 e. The molecule has 1 aromatic rings. The molecule has 0 aromatic carbocycles. The monoisotopic (exact) mass is 232 g/mol. The van der Waals surface area contributed by atoms with E-state index in [0.29, 0.717) is 0 Å². The van der Waals surface area contributed by atoms with E-state index in [4.69, 9.17) is 4.74 Å². The number of aromatic nitrogens is 2. The lowest BCUT2D eigenvalue weighted by Gasteiger charge is -2.04. The fourth-order valence-corrected chi connectivity index (χ4v) is 1.22. The third-order valence-corrected chi connectivity index (χ3v) is 1.85. The minimum Gasteiger partial charge on any atom is -0.428 e. The maximum Gasteiger partial charge on any atom is 0.510 e. The van der Waals surface area contributed by atoms with Crippen LogP contribution in [0.1, 0.15) is 6.23 Å². The summed E-state index contributed by atoms with van der Waals surface area (Å²) in [5.41, 5.74) is 0. The molecule has 0 radical (unpaired) electrons. The molecule has 5 nitrogen and oxygen atoms in total. The zero-order valence-corrected chi connectivity index (χ0v) is 7.52. The van der Waals surface area contributed by atoms with Gasteiger partial charge in [0, 0.05) is 6.20 Å². The molecule has 6 heteroatoms. The first-order chi connectivity index (χ1) is 5.75. The normalized spacial score (nSPS) is 22.1. The van der Waals surface area contributed by atoms with Crippen LogP contribution < -0.4 is 0 Å². The van der Waals surface area contributed by atoms with E-state index >= 15 is 0 Å². The van der Waals surface area contributed by atoms with Crippen molar-refractivity contribution in [3.63, 3.8) is 0 Å². The molecule has 0 aliphatic carbocycles. The van der Waals surface area contributed by atoms with Gasteiger partial charge in [-0.3, -0.25) is 0 Å². The second kappa shape index (κ2) is 2.78. The van der Waals surface area contributed by atoms with E-state index in [1.54, 1.807) is 12.4 Å². The summed E-state index contributed by atoms with van der Waals surface area (Å²) in [5, 5.41) is 3.94. The van der Waals surface area contributed by atoms with Gasteiger partial charge < -0.3 is 9.47 Å². The molecule has 0 N–H and O–H groups in total. The van der Waals surface area contributed by atoms with Crippen LogP contribution in [0.5, 0.6) is 0 Å². The Morgan fingerprint density at radius 3 is 3.08 bits per heavy atom. The number of hydrogen-bond acceptors (Lipinski definition) is 4. The molecule has 0 spiro atoms. The van der Waals surface area contributed by atoms with Gasteiger partial charge in [0.1, 0.15) is 0 Å². The minimum atomic E-state index is -0.647. The predicted molar refractivity (Wildman–Crippen MR) is 41.4 cm³/mol. The summed E-state index contributed by atoms with van der Waals surface area (Å²) >= 11 is 3.23. The van der Waals surface area contributed by atoms with Crippen LogP contribution in [0.2, 0.25) is 0 Å². The molecule has 2 heterocycles. The lowest BCUT2D eigenvalue weighted by molar-refractivity contribution is 0.0891. The van der Waals surface area contributed by atoms with E-state index in [2.05, 4.69) is 25.8 Å². The highest BCUT2D eigenvalue weighted by molar-refractivity contribution is 9.10. The number of hydrogen-bond donors (Lipinski definition) is 0. The van der Waals surface area contributed by atoms with E-state index in [0.717, 1.165) is 4.47 Å². The Morgan fingerprint density at radius 1 is 1.75 bits per heavy atom. The summed E-state index contributed by atoms with van der Waals surface area (Å²) in [4.78, 5) is 10.5. The van der Waals surface area contributed by atoms with Gasteiger partial charge in [-0.15, -0.1) is 0 Å². The Hall–Kier alpha value is -1.04. The first-order valence-corrected chi connectivity index (χ1v) is 4.08. The Kier molecular flexibility index (Phi) is 1.76. The van der Waals surface area contributed by atoms with Crippen molar-refractivity contribution in [2.45, 2.75) is 6.23 Å². The lowest BCUT2D eigenvalue weighted by atomic mass is 10.6.